The summed E-state index contributed by atoms with van der Waals surface area (Å²) in [6, 6.07) is 0. The van der Waals surface area contributed by atoms with Gasteiger partial charge in [-0.15, -0.1) is 12.3 Å². The first-order chi connectivity index (χ1) is 12.6. The summed E-state index contributed by atoms with van der Waals surface area (Å²) in [7, 11) is 0. The fourth-order valence-electron chi connectivity index (χ4n) is 3.39. The summed E-state index contributed by atoms with van der Waals surface area (Å²) in [5.41, 5.74) is -0.405. The molecule has 26 heavy (non-hydrogen) atoms. The number of terminal acetylenes is 1. The van der Waals surface area contributed by atoms with Gasteiger partial charge in [0.1, 0.15) is 0 Å². The SMILES string of the molecule is C#CCCC1(CCC(=O)N2CCN(C(=O)CN3CCOCC3)CC2)N=N1. The highest BCUT2D eigenvalue weighted by atomic mass is 16.5. The third-order valence-corrected chi connectivity index (χ3v) is 5.24. The zero-order valence-electron chi connectivity index (χ0n) is 15.2. The Morgan fingerprint density at radius 1 is 0.962 bits per heavy atom. The van der Waals surface area contributed by atoms with E-state index in [2.05, 4.69) is 21.0 Å². The standard InChI is InChI=1S/C18H27N5O3/c1-2-3-5-18(19-20-18)6-4-16(24)22-7-9-23(10-8-22)17(25)15-21-11-13-26-14-12-21/h1H,3-15H2. The Bertz CT molecular complexity index is 580. The summed E-state index contributed by atoms with van der Waals surface area (Å²) in [6.45, 7) is 5.84. The van der Waals surface area contributed by atoms with Crippen LogP contribution in [0, 0.1) is 12.3 Å². The number of amides is 2. The molecular formula is C18H27N5O3. The molecule has 0 spiro atoms. The van der Waals surface area contributed by atoms with E-state index in [1.54, 1.807) is 0 Å². The predicted molar refractivity (Wildman–Crippen MR) is 95.3 cm³/mol. The minimum absolute atomic E-state index is 0.114. The van der Waals surface area contributed by atoms with Gasteiger partial charge in [-0.25, -0.2) is 0 Å². The normalized spacial score (nSPS) is 22.1. The highest BCUT2D eigenvalue weighted by Gasteiger charge is 2.39. The lowest BCUT2D eigenvalue weighted by molar-refractivity contribution is -0.140. The van der Waals surface area contributed by atoms with Crippen LogP contribution in [-0.2, 0) is 14.3 Å². The maximum atomic E-state index is 12.4. The second-order valence-electron chi connectivity index (χ2n) is 7.04. The molecule has 2 saturated heterocycles. The minimum atomic E-state index is -0.405. The van der Waals surface area contributed by atoms with Gasteiger partial charge >= 0.3 is 0 Å². The summed E-state index contributed by atoms with van der Waals surface area (Å²) < 4.78 is 5.31. The van der Waals surface area contributed by atoms with Crippen molar-refractivity contribution < 1.29 is 14.3 Å². The van der Waals surface area contributed by atoms with Gasteiger partial charge in [0.2, 0.25) is 11.8 Å². The van der Waals surface area contributed by atoms with Crippen LogP contribution in [-0.4, -0.2) is 91.2 Å². The van der Waals surface area contributed by atoms with Crippen molar-refractivity contribution in [2.45, 2.75) is 31.3 Å². The molecule has 142 valence electrons. The quantitative estimate of drug-likeness (QED) is 0.613. The van der Waals surface area contributed by atoms with Crippen molar-refractivity contribution in [2.24, 2.45) is 10.2 Å². The number of hydrogen-bond acceptors (Lipinski definition) is 6. The fourth-order valence-corrected chi connectivity index (χ4v) is 3.39. The summed E-state index contributed by atoms with van der Waals surface area (Å²) in [5, 5.41) is 8.14. The molecule has 0 bridgehead atoms. The molecular weight excluding hydrogens is 334 g/mol. The van der Waals surface area contributed by atoms with Crippen LogP contribution in [0.2, 0.25) is 0 Å². The Balaban J connectivity index is 1.35. The van der Waals surface area contributed by atoms with E-state index >= 15 is 0 Å². The molecule has 0 aromatic heterocycles. The number of morpholine rings is 1. The van der Waals surface area contributed by atoms with Gasteiger partial charge in [-0.05, 0) is 0 Å². The van der Waals surface area contributed by atoms with Gasteiger partial charge in [0.25, 0.3) is 0 Å². The zero-order valence-corrected chi connectivity index (χ0v) is 15.2. The Morgan fingerprint density at radius 3 is 2.15 bits per heavy atom. The van der Waals surface area contributed by atoms with Crippen LogP contribution in [0.4, 0.5) is 0 Å². The van der Waals surface area contributed by atoms with E-state index in [1.807, 2.05) is 9.80 Å². The summed E-state index contributed by atoms with van der Waals surface area (Å²) in [4.78, 5) is 30.7. The van der Waals surface area contributed by atoms with Crippen molar-refractivity contribution in [3.8, 4) is 12.3 Å². The van der Waals surface area contributed by atoms with Crippen molar-refractivity contribution >= 4 is 11.8 Å². The molecule has 2 fully saturated rings. The molecule has 0 radical (unpaired) electrons. The predicted octanol–water partition coefficient (Wildman–Crippen LogP) is 0.345. The zero-order chi connectivity index (χ0) is 18.4. The van der Waals surface area contributed by atoms with Crippen LogP contribution in [0.15, 0.2) is 10.2 Å². The largest absolute Gasteiger partial charge is 0.379 e. The molecule has 0 N–H and O–H groups in total. The lowest BCUT2D eigenvalue weighted by atomic mass is 10.0. The summed E-state index contributed by atoms with van der Waals surface area (Å²) >= 11 is 0. The highest BCUT2D eigenvalue weighted by molar-refractivity contribution is 5.79. The van der Waals surface area contributed by atoms with E-state index in [-0.39, 0.29) is 11.8 Å². The summed E-state index contributed by atoms with van der Waals surface area (Å²) in [5.74, 6) is 2.85. The molecule has 2 amide bonds. The molecule has 0 atom stereocenters. The van der Waals surface area contributed by atoms with Crippen molar-refractivity contribution in [1.29, 1.82) is 0 Å². The molecule has 3 aliphatic rings. The van der Waals surface area contributed by atoms with Gasteiger partial charge in [0, 0.05) is 65.0 Å². The van der Waals surface area contributed by atoms with Crippen LogP contribution in [0.1, 0.15) is 25.7 Å². The van der Waals surface area contributed by atoms with Crippen LogP contribution in [0.3, 0.4) is 0 Å². The number of piperazine rings is 1. The number of carbonyl (C=O) groups is 2. The maximum Gasteiger partial charge on any atom is 0.236 e. The third kappa shape index (κ3) is 5.02. The van der Waals surface area contributed by atoms with E-state index in [4.69, 9.17) is 11.2 Å². The fraction of sp³-hybridized carbons (Fsp3) is 0.778. The van der Waals surface area contributed by atoms with Gasteiger partial charge < -0.3 is 14.5 Å². The van der Waals surface area contributed by atoms with Gasteiger partial charge in [-0.3, -0.25) is 14.5 Å². The number of hydrogen-bond donors (Lipinski definition) is 0. The second-order valence-corrected chi connectivity index (χ2v) is 7.04. The van der Waals surface area contributed by atoms with Crippen molar-refractivity contribution in [3.63, 3.8) is 0 Å². The maximum absolute atomic E-state index is 12.4. The Kier molecular flexibility index (Phi) is 6.22. The molecule has 3 heterocycles. The van der Waals surface area contributed by atoms with Crippen LogP contribution in [0.25, 0.3) is 0 Å². The molecule has 0 aromatic rings. The molecule has 0 saturated carbocycles. The lowest BCUT2D eigenvalue weighted by Gasteiger charge is -2.36. The molecule has 3 aliphatic heterocycles. The Morgan fingerprint density at radius 2 is 1.58 bits per heavy atom. The number of rotatable bonds is 7. The van der Waals surface area contributed by atoms with Crippen molar-refractivity contribution in [3.05, 3.63) is 0 Å². The van der Waals surface area contributed by atoms with E-state index in [9.17, 15) is 9.59 Å². The third-order valence-electron chi connectivity index (χ3n) is 5.24. The smallest absolute Gasteiger partial charge is 0.236 e. The molecule has 0 unspecified atom stereocenters. The molecule has 8 nitrogen and oxygen atoms in total. The van der Waals surface area contributed by atoms with Crippen LogP contribution >= 0.6 is 0 Å². The number of carbonyl (C=O) groups excluding carboxylic acids is 2. The van der Waals surface area contributed by atoms with Gasteiger partial charge in [-0.1, -0.05) is 0 Å². The molecule has 3 rings (SSSR count). The first kappa shape index (κ1) is 18.8. The first-order valence-electron chi connectivity index (χ1n) is 9.35. The minimum Gasteiger partial charge on any atom is -0.379 e. The van der Waals surface area contributed by atoms with E-state index in [1.165, 1.54) is 0 Å². The summed E-state index contributed by atoms with van der Waals surface area (Å²) in [6.07, 6.45) is 7.69. The number of nitrogens with zero attached hydrogens (tertiary/aromatic N) is 5. The highest BCUT2D eigenvalue weighted by Crippen LogP contribution is 2.37. The Hall–Kier alpha value is -1.98. The molecule has 8 heteroatoms. The monoisotopic (exact) mass is 361 g/mol. The Labute approximate surface area is 154 Å². The lowest BCUT2D eigenvalue weighted by Crippen LogP contribution is -2.53. The van der Waals surface area contributed by atoms with Gasteiger partial charge in [0.15, 0.2) is 5.66 Å². The second kappa shape index (κ2) is 8.60. The van der Waals surface area contributed by atoms with E-state index in [0.717, 1.165) is 19.5 Å². The van der Waals surface area contributed by atoms with Crippen molar-refractivity contribution in [2.75, 3.05) is 59.0 Å². The first-order valence-corrected chi connectivity index (χ1v) is 9.35. The molecule has 0 aliphatic carbocycles. The van der Waals surface area contributed by atoms with Crippen LogP contribution in [0.5, 0.6) is 0 Å². The van der Waals surface area contributed by atoms with E-state index < -0.39 is 5.66 Å². The molecule has 0 aromatic carbocycles. The van der Waals surface area contributed by atoms with Gasteiger partial charge in [-0.2, -0.15) is 10.2 Å². The van der Waals surface area contributed by atoms with E-state index in [0.29, 0.717) is 65.2 Å². The van der Waals surface area contributed by atoms with Crippen molar-refractivity contribution in [1.82, 2.24) is 14.7 Å². The van der Waals surface area contributed by atoms with Gasteiger partial charge in [0.05, 0.1) is 19.8 Å². The van der Waals surface area contributed by atoms with Crippen LogP contribution < -0.4 is 0 Å². The average Bonchev–Trinajstić information content (AvgIpc) is 3.46. The number of ether oxygens (including phenoxy) is 1. The topological polar surface area (TPSA) is 77.8 Å². The average molecular weight is 361 g/mol.